The SMILES string of the molecule is CCOc1ccc2[nH]c(=O)c(C(c3nnnn3CCOC)N3CCN(c4ccc(OC)cc4)CC3)cc2c1. The maximum absolute atomic E-state index is 13.5. The molecule has 38 heavy (non-hydrogen) atoms. The number of nitrogens with zero attached hydrogens (tertiary/aromatic N) is 6. The summed E-state index contributed by atoms with van der Waals surface area (Å²) in [6.07, 6.45) is 0. The zero-order chi connectivity index (χ0) is 26.5. The highest BCUT2D eigenvalue weighted by atomic mass is 16.5. The van der Waals surface area contributed by atoms with E-state index in [-0.39, 0.29) is 5.56 Å². The molecule has 1 saturated heterocycles. The minimum absolute atomic E-state index is 0.162. The third-order valence-corrected chi connectivity index (χ3v) is 6.88. The van der Waals surface area contributed by atoms with Gasteiger partial charge >= 0.3 is 0 Å². The van der Waals surface area contributed by atoms with E-state index in [1.165, 1.54) is 0 Å². The van der Waals surface area contributed by atoms with Gasteiger partial charge in [-0.2, -0.15) is 0 Å². The van der Waals surface area contributed by atoms with Crippen molar-refractivity contribution >= 4 is 16.6 Å². The molecule has 0 spiro atoms. The van der Waals surface area contributed by atoms with E-state index in [2.05, 4.69) is 42.4 Å². The Morgan fingerprint density at radius 2 is 1.76 bits per heavy atom. The maximum Gasteiger partial charge on any atom is 0.253 e. The molecular weight excluding hydrogens is 486 g/mol. The van der Waals surface area contributed by atoms with Gasteiger partial charge in [0, 0.05) is 55.4 Å². The van der Waals surface area contributed by atoms with E-state index in [4.69, 9.17) is 14.2 Å². The van der Waals surface area contributed by atoms with Crippen LogP contribution in [-0.4, -0.2) is 83.7 Å². The van der Waals surface area contributed by atoms with Gasteiger partial charge in [-0.15, -0.1) is 5.10 Å². The van der Waals surface area contributed by atoms with Crippen molar-refractivity contribution in [2.75, 3.05) is 58.5 Å². The molecule has 200 valence electrons. The van der Waals surface area contributed by atoms with Crippen molar-refractivity contribution in [1.29, 1.82) is 0 Å². The number of piperazine rings is 1. The second kappa shape index (κ2) is 11.6. The number of rotatable bonds is 10. The van der Waals surface area contributed by atoms with Crippen LogP contribution in [0.5, 0.6) is 11.5 Å². The van der Waals surface area contributed by atoms with Crippen LogP contribution in [0.25, 0.3) is 10.9 Å². The summed E-state index contributed by atoms with van der Waals surface area (Å²) in [4.78, 5) is 21.1. The molecule has 1 aliphatic rings. The first-order valence-corrected chi connectivity index (χ1v) is 12.8. The first-order chi connectivity index (χ1) is 18.6. The van der Waals surface area contributed by atoms with Crippen LogP contribution in [0.2, 0.25) is 0 Å². The molecule has 0 radical (unpaired) electrons. The quantitative estimate of drug-likeness (QED) is 0.338. The number of nitrogens with one attached hydrogen (secondary N) is 1. The lowest BCUT2D eigenvalue weighted by atomic mass is 10.0. The molecule has 0 saturated carbocycles. The Hall–Kier alpha value is -3.96. The third kappa shape index (κ3) is 5.34. The Bertz CT molecular complexity index is 1410. The van der Waals surface area contributed by atoms with E-state index in [0.29, 0.717) is 31.1 Å². The number of anilines is 1. The summed E-state index contributed by atoms with van der Waals surface area (Å²) in [5, 5.41) is 13.4. The number of hydrogen-bond donors (Lipinski definition) is 1. The molecule has 1 aliphatic heterocycles. The third-order valence-electron chi connectivity index (χ3n) is 6.88. The zero-order valence-electron chi connectivity index (χ0n) is 22.0. The summed E-state index contributed by atoms with van der Waals surface area (Å²) in [6.45, 7) is 6.50. The van der Waals surface area contributed by atoms with Gasteiger partial charge in [0.05, 0.1) is 26.9 Å². The van der Waals surface area contributed by atoms with Crippen molar-refractivity contribution in [3.8, 4) is 11.5 Å². The molecule has 11 nitrogen and oxygen atoms in total. The predicted octanol–water partition coefficient (Wildman–Crippen LogP) is 2.48. The summed E-state index contributed by atoms with van der Waals surface area (Å²) in [5.41, 5.74) is 2.33. The van der Waals surface area contributed by atoms with Crippen molar-refractivity contribution in [3.63, 3.8) is 0 Å². The van der Waals surface area contributed by atoms with E-state index < -0.39 is 6.04 Å². The van der Waals surface area contributed by atoms with Gasteiger partial charge in [0.2, 0.25) is 0 Å². The van der Waals surface area contributed by atoms with Gasteiger partial charge < -0.3 is 24.1 Å². The lowest BCUT2D eigenvalue weighted by molar-refractivity contribution is 0.171. The van der Waals surface area contributed by atoms with Gasteiger partial charge in [0.15, 0.2) is 5.82 Å². The second-order valence-electron chi connectivity index (χ2n) is 9.11. The highest BCUT2D eigenvalue weighted by Crippen LogP contribution is 2.30. The highest BCUT2D eigenvalue weighted by molar-refractivity contribution is 5.80. The lowest BCUT2D eigenvalue weighted by Gasteiger charge is -2.39. The fourth-order valence-electron chi connectivity index (χ4n) is 4.94. The number of aromatic nitrogens is 5. The Morgan fingerprint density at radius 3 is 2.47 bits per heavy atom. The number of methoxy groups -OCH3 is 2. The molecular formula is C27H33N7O4. The fraction of sp³-hybridized carbons (Fsp3) is 0.407. The number of tetrazole rings is 1. The summed E-state index contributed by atoms with van der Waals surface area (Å²) in [6, 6.07) is 15.3. The van der Waals surface area contributed by atoms with Gasteiger partial charge in [-0.25, -0.2) is 4.68 Å². The van der Waals surface area contributed by atoms with Gasteiger partial charge in [-0.1, -0.05) is 0 Å². The molecule has 2 aromatic heterocycles. The van der Waals surface area contributed by atoms with Gasteiger partial charge in [0.25, 0.3) is 5.56 Å². The molecule has 1 atom stereocenters. The topological polar surface area (TPSA) is 111 Å². The minimum atomic E-state index is -0.427. The van der Waals surface area contributed by atoms with Crippen LogP contribution in [0, 0.1) is 0 Å². The molecule has 3 heterocycles. The molecule has 0 bridgehead atoms. The van der Waals surface area contributed by atoms with Crippen LogP contribution in [-0.2, 0) is 11.3 Å². The zero-order valence-corrected chi connectivity index (χ0v) is 22.0. The number of aromatic amines is 1. The molecule has 4 aromatic rings. The largest absolute Gasteiger partial charge is 0.497 e. The van der Waals surface area contributed by atoms with Gasteiger partial charge in [-0.3, -0.25) is 9.69 Å². The molecule has 0 aliphatic carbocycles. The predicted molar refractivity (Wildman–Crippen MR) is 144 cm³/mol. The van der Waals surface area contributed by atoms with Crippen LogP contribution in [0.1, 0.15) is 24.4 Å². The van der Waals surface area contributed by atoms with Gasteiger partial charge in [-0.05, 0) is 65.9 Å². The average Bonchev–Trinajstić information content (AvgIpc) is 3.41. The van der Waals surface area contributed by atoms with E-state index >= 15 is 0 Å². The number of fused-ring (bicyclic) bond motifs is 1. The van der Waals surface area contributed by atoms with E-state index in [1.54, 1.807) is 18.9 Å². The normalized spacial score (nSPS) is 15.1. The number of ether oxygens (including phenoxy) is 3. The minimum Gasteiger partial charge on any atom is -0.497 e. The fourth-order valence-corrected chi connectivity index (χ4v) is 4.94. The van der Waals surface area contributed by atoms with Crippen molar-refractivity contribution in [2.24, 2.45) is 0 Å². The number of benzene rings is 2. The van der Waals surface area contributed by atoms with Crippen LogP contribution in [0.4, 0.5) is 5.69 Å². The van der Waals surface area contributed by atoms with Crippen LogP contribution >= 0.6 is 0 Å². The van der Waals surface area contributed by atoms with E-state index in [9.17, 15) is 4.79 Å². The number of hydrogen-bond acceptors (Lipinski definition) is 9. The average molecular weight is 520 g/mol. The molecule has 1 fully saturated rings. The molecule has 0 amide bonds. The Morgan fingerprint density at radius 1 is 1.00 bits per heavy atom. The van der Waals surface area contributed by atoms with Crippen molar-refractivity contribution in [1.82, 2.24) is 30.1 Å². The van der Waals surface area contributed by atoms with E-state index in [1.807, 2.05) is 43.3 Å². The van der Waals surface area contributed by atoms with Crippen LogP contribution in [0.3, 0.4) is 0 Å². The lowest BCUT2D eigenvalue weighted by Crippen LogP contribution is -2.49. The molecule has 1 N–H and O–H groups in total. The van der Waals surface area contributed by atoms with Gasteiger partial charge in [0.1, 0.15) is 17.5 Å². The standard InChI is InChI=1S/C27H33N7O4/c1-4-38-22-9-10-24-19(17-22)18-23(27(35)28-24)25(26-29-30-31-34(26)15-16-36-2)33-13-11-32(12-14-33)20-5-7-21(37-3)8-6-20/h5-10,17-18,25H,4,11-16H2,1-3H3,(H,28,35). The Kier molecular flexibility index (Phi) is 7.85. The molecule has 2 aromatic carbocycles. The van der Waals surface area contributed by atoms with E-state index in [0.717, 1.165) is 54.3 Å². The summed E-state index contributed by atoms with van der Waals surface area (Å²) >= 11 is 0. The molecule has 5 rings (SSSR count). The van der Waals surface area contributed by atoms with Crippen molar-refractivity contribution < 1.29 is 14.2 Å². The first kappa shape index (κ1) is 25.7. The monoisotopic (exact) mass is 519 g/mol. The summed E-state index contributed by atoms with van der Waals surface area (Å²) < 4.78 is 18.0. The van der Waals surface area contributed by atoms with Crippen molar-refractivity contribution in [2.45, 2.75) is 19.5 Å². The highest BCUT2D eigenvalue weighted by Gasteiger charge is 2.32. The maximum atomic E-state index is 13.5. The van der Waals surface area contributed by atoms with Crippen LogP contribution < -0.4 is 19.9 Å². The van der Waals surface area contributed by atoms with Crippen molar-refractivity contribution in [3.05, 3.63) is 70.3 Å². The smallest absolute Gasteiger partial charge is 0.253 e. The molecule has 1 unspecified atom stereocenters. The summed E-state index contributed by atoms with van der Waals surface area (Å²) in [7, 11) is 3.31. The first-order valence-electron chi connectivity index (χ1n) is 12.8. The van der Waals surface area contributed by atoms with Crippen LogP contribution in [0.15, 0.2) is 53.3 Å². The molecule has 11 heteroatoms. The summed E-state index contributed by atoms with van der Waals surface area (Å²) in [5.74, 6) is 2.21. The number of pyridine rings is 1. The second-order valence-corrected chi connectivity index (χ2v) is 9.11. The Labute approximate surface area is 220 Å². The Balaban J connectivity index is 1.49. The number of H-pyrrole nitrogens is 1.